The number of hydrogen-bond donors (Lipinski definition) is 1. The Kier molecular flexibility index (Phi) is 4.51. The number of nitrogens with one attached hydrogen (secondary N) is 1. The number of hydrogen-bond acceptors (Lipinski definition) is 2. The minimum Gasteiger partial charge on any atom is -0.353 e. The second-order valence-electron chi connectivity index (χ2n) is 5.72. The van der Waals surface area contributed by atoms with Gasteiger partial charge in [0.05, 0.1) is 10.3 Å². The van der Waals surface area contributed by atoms with E-state index in [-0.39, 0.29) is 23.8 Å². The first-order chi connectivity index (χ1) is 9.72. The minimum atomic E-state index is -1.45. The zero-order valence-corrected chi connectivity index (χ0v) is 12.4. The van der Waals surface area contributed by atoms with E-state index in [1.807, 2.05) is 0 Å². The molecule has 1 amide bonds. The first-order valence-electron chi connectivity index (χ1n) is 6.49. The summed E-state index contributed by atoms with van der Waals surface area (Å²) in [4.78, 5) is 11.2. The summed E-state index contributed by atoms with van der Waals surface area (Å²) in [6.45, 7) is 3.23. The van der Waals surface area contributed by atoms with Gasteiger partial charge in [-0.05, 0) is 12.8 Å². The third kappa shape index (κ3) is 3.70. The molecule has 0 atom stereocenters. The second kappa shape index (κ2) is 5.87. The van der Waals surface area contributed by atoms with Gasteiger partial charge in [0.15, 0.2) is 23.3 Å². The van der Waals surface area contributed by atoms with E-state index in [1.54, 1.807) is 13.8 Å². The minimum absolute atomic E-state index is 0.00227. The van der Waals surface area contributed by atoms with Crippen LogP contribution in [0.25, 0.3) is 0 Å². The van der Waals surface area contributed by atoms with Crippen LogP contribution >= 0.6 is 11.8 Å². The Hall–Kier alpha value is -1.24. The van der Waals surface area contributed by atoms with E-state index >= 15 is 0 Å². The fourth-order valence-corrected chi connectivity index (χ4v) is 2.69. The maximum Gasteiger partial charge on any atom is 0.226 e. The van der Waals surface area contributed by atoms with Crippen LogP contribution in [0, 0.1) is 28.7 Å². The Labute approximate surface area is 124 Å². The Bertz CT molecular complexity index is 546. The third-order valence-electron chi connectivity index (χ3n) is 3.18. The monoisotopic (exact) mass is 321 g/mol. The number of benzene rings is 1. The summed E-state index contributed by atoms with van der Waals surface area (Å²) in [5.74, 6) is -6.00. The lowest BCUT2D eigenvalue weighted by Gasteiger charge is -2.23. The van der Waals surface area contributed by atoms with Gasteiger partial charge in [-0.25, -0.2) is 17.6 Å². The highest BCUT2D eigenvalue weighted by Crippen LogP contribution is 2.34. The molecule has 7 heteroatoms. The smallest absolute Gasteiger partial charge is 0.226 e. The lowest BCUT2D eigenvalue weighted by atomic mass is 9.95. The molecular formula is C14H15F4NOS. The molecule has 0 aliphatic heterocycles. The number of rotatable bonds is 5. The van der Waals surface area contributed by atoms with Crippen molar-refractivity contribution in [3.63, 3.8) is 0 Å². The zero-order chi connectivity index (χ0) is 15.8. The molecule has 0 bridgehead atoms. The molecule has 2 nitrogen and oxygen atoms in total. The van der Waals surface area contributed by atoms with Crippen LogP contribution in [-0.4, -0.2) is 17.7 Å². The Balaban J connectivity index is 2.09. The van der Waals surface area contributed by atoms with E-state index in [9.17, 15) is 22.4 Å². The van der Waals surface area contributed by atoms with Gasteiger partial charge in [0.25, 0.3) is 0 Å². The Morgan fingerprint density at radius 3 is 2.24 bits per heavy atom. The summed E-state index contributed by atoms with van der Waals surface area (Å²) in [7, 11) is 0. The fourth-order valence-electron chi connectivity index (χ4n) is 1.60. The highest BCUT2D eigenvalue weighted by Gasteiger charge is 2.33. The number of amides is 1. The van der Waals surface area contributed by atoms with Gasteiger partial charge in [-0.15, -0.1) is 11.8 Å². The molecule has 1 aromatic rings. The molecular weight excluding hydrogens is 306 g/mol. The fraction of sp³-hybridized carbons (Fsp3) is 0.500. The van der Waals surface area contributed by atoms with Crippen molar-refractivity contribution in [2.24, 2.45) is 5.41 Å². The molecule has 0 spiro atoms. The van der Waals surface area contributed by atoms with Gasteiger partial charge in [-0.2, -0.15) is 0 Å². The SMILES string of the molecule is CC(C)(CSc1c(F)c(F)cc(F)c1F)C(=O)NC1CC1. The van der Waals surface area contributed by atoms with Crippen LogP contribution < -0.4 is 5.32 Å². The van der Waals surface area contributed by atoms with E-state index in [1.165, 1.54) is 0 Å². The van der Waals surface area contributed by atoms with E-state index in [4.69, 9.17) is 0 Å². The zero-order valence-electron chi connectivity index (χ0n) is 11.6. The maximum absolute atomic E-state index is 13.5. The Morgan fingerprint density at radius 2 is 1.76 bits per heavy atom. The topological polar surface area (TPSA) is 29.1 Å². The number of carbonyl (C=O) groups excluding carboxylic acids is 1. The van der Waals surface area contributed by atoms with Crippen molar-refractivity contribution in [2.75, 3.05) is 5.75 Å². The van der Waals surface area contributed by atoms with Crippen molar-refractivity contribution in [1.82, 2.24) is 5.32 Å². The molecule has 0 aromatic heterocycles. The molecule has 0 heterocycles. The normalized spacial score (nSPS) is 15.1. The molecule has 1 fully saturated rings. The third-order valence-corrected chi connectivity index (χ3v) is 4.69. The molecule has 0 radical (unpaired) electrons. The van der Waals surface area contributed by atoms with Gasteiger partial charge in [0, 0.05) is 17.9 Å². The summed E-state index contributed by atoms with van der Waals surface area (Å²) in [5, 5.41) is 2.79. The number of halogens is 4. The van der Waals surface area contributed by atoms with Gasteiger partial charge in [0.1, 0.15) is 0 Å². The molecule has 1 aromatic carbocycles. The van der Waals surface area contributed by atoms with E-state index in [0.29, 0.717) is 11.8 Å². The average molecular weight is 321 g/mol. The summed E-state index contributed by atoms with van der Waals surface area (Å²) >= 11 is 0.594. The largest absolute Gasteiger partial charge is 0.353 e. The molecule has 2 rings (SSSR count). The lowest BCUT2D eigenvalue weighted by Crippen LogP contribution is -2.39. The van der Waals surface area contributed by atoms with E-state index in [2.05, 4.69) is 5.32 Å². The van der Waals surface area contributed by atoms with Crippen LogP contribution in [0.2, 0.25) is 0 Å². The van der Waals surface area contributed by atoms with Gasteiger partial charge in [-0.3, -0.25) is 4.79 Å². The van der Waals surface area contributed by atoms with Gasteiger partial charge in [-0.1, -0.05) is 13.8 Å². The van der Waals surface area contributed by atoms with E-state index < -0.39 is 33.6 Å². The van der Waals surface area contributed by atoms with Crippen LogP contribution in [0.4, 0.5) is 17.6 Å². The van der Waals surface area contributed by atoms with Gasteiger partial charge < -0.3 is 5.32 Å². The standard InChI is InChI=1S/C14H15F4NOS/c1-14(2,13(20)19-7-3-4-7)6-21-12-10(17)8(15)5-9(16)11(12)18/h5,7H,3-4,6H2,1-2H3,(H,19,20). The molecule has 21 heavy (non-hydrogen) atoms. The average Bonchev–Trinajstić information content (AvgIpc) is 3.20. The van der Waals surface area contributed by atoms with E-state index in [0.717, 1.165) is 12.8 Å². The maximum atomic E-state index is 13.5. The molecule has 1 N–H and O–H groups in total. The first-order valence-corrected chi connectivity index (χ1v) is 7.47. The van der Waals surface area contributed by atoms with Crippen molar-refractivity contribution in [3.8, 4) is 0 Å². The molecule has 116 valence electrons. The quantitative estimate of drug-likeness (QED) is 0.510. The van der Waals surface area contributed by atoms with Crippen LogP contribution in [-0.2, 0) is 4.79 Å². The number of carbonyl (C=O) groups is 1. The molecule has 0 saturated heterocycles. The van der Waals surface area contributed by atoms with Crippen molar-refractivity contribution < 1.29 is 22.4 Å². The van der Waals surface area contributed by atoms with Gasteiger partial charge >= 0.3 is 0 Å². The predicted molar refractivity (Wildman–Crippen MR) is 71.9 cm³/mol. The summed E-state index contributed by atoms with van der Waals surface area (Å²) in [6.07, 6.45) is 1.85. The van der Waals surface area contributed by atoms with Crippen molar-refractivity contribution >= 4 is 17.7 Å². The Morgan fingerprint density at radius 1 is 1.24 bits per heavy atom. The van der Waals surface area contributed by atoms with Crippen LogP contribution in [0.1, 0.15) is 26.7 Å². The summed E-state index contributed by atoms with van der Waals surface area (Å²) in [6, 6.07) is 0.335. The van der Waals surface area contributed by atoms with Crippen LogP contribution in [0.5, 0.6) is 0 Å². The predicted octanol–water partition coefficient (Wildman–Crippen LogP) is 3.64. The molecule has 1 aliphatic rings. The highest BCUT2D eigenvalue weighted by atomic mass is 32.2. The highest BCUT2D eigenvalue weighted by molar-refractivity contribution is 7.99. The lowest BCUT2D eigenvalue weighted by molar-refractivity contribution is -0.128. The number of thioether (sulfide) groups is 1. The first kappa shape index (κ1) is 16.1. The molecule has 1 saturated carbocycles. The molecule has 0 unspecified atom stereocenters. The summed E-state index contributed by atoms with van der Waals surface area (Å²) < 4.78 is 53.3. The van der Waals surface area contributed by atoms with Crippen LogP contribution in [0.3, 0.4) is 0 Å². The summed E-state index contributed by atoms with van der Waals surface area (Å²) in [5.41, 5.74) is -0.908. The van der Waals surface area contributed by atoms with Crippen molar-refractivity contribution in [1.29, 1.82) is 0 Å². The van der Waals surface area contributed by atoms with Crippen molar-refractivity contribution in [3.05, 3.63) is 29.3 Å². The van der Waals surface area contributed by atoms with Crippen LogP contribution in [0.15, 0.2) is 11.0 Å². The molecule has 1 aliphatic carbocycles. The van der Waals surface area contributed by atoms with Gasteiger partial charge in [0.2, 0.25) is 5.91 Å². The second-order valence-corrected chi connectivity index (χ2v) is 6.70. The van der Waals surface area contributed by atoms with Crippen molar-refractivity contribution in [2.45, 2.75) is 37.6 Å².